The van der Waals surface area contributed by atoms with Gasteiger partial charge in [-0.25, -0.2) is 0 Å². The summed E-state index contributed by atoms with van der Waals surface area (Å²) >= 11 is 0. The van der Waals surface area contributed by atoms with Crippen LogP contribution in [0.15, 0.2) is 24.3 Å². The molecule has 0 aliphatic heterocycles. The van der Waals surface area contributed by atoms with Gasteiger partial charge in [0.1, 0.15) is 0 Å². The fourth-order valence-electron chi connectivity index (χ4n) is 0.945. The second-order valence-electron chi connectivity index (χ2n) is 2.69. The van der Waals surface area contributed by atoms with Gasteiger partial charge >= 0.3 is 6.18 Å². The van der Waals surface area contributed by atoms with Gasteiger partial charge in [0.05, 0.1) is 5.56 Å². The van der Waals surface area contributed by atoms with Crippen molar-refractivity contribution in [1.82, 2.24) is 0 Å². The molecule has 1 amide bonds. The summed E-state index contributed by atoms with van der Waals surface area (Å²) in [5.41, 5.74) is -0.951. The second-order valence-corrected chi connectivity index (χ2v) is 2.69. The first-order valence-electron chi connectivity index (χ1n) is 3.87. The summed E-state index contributed by atoms with van der Waals surface area (Å²) in [6.07, 6.45) is -4.48. The van der Waals surface area contributed by atoms with Crippen molar-refractivity contribution in [3.8, 4) is 0 Å². The highest BCUT2D eigenvalue weighted by Crippen LogP contribution is 2.30. The van der Waals surface area contributed by atoms with E-state index in [1.807, 2.05) is 5.32 Å². The van der Waals surface area contributed by atoms with Crippen LogP contribution < -0.4 is 5.32 Å². The molecule has 0 heterocycles. The van der Waals surface area contributed by atoms with Crippen LogP contribution in [0.1, 0.15) is 5.56 Å². The number of rotatable bonds is 2. The Kier molecular flexibility index (Phi) is 3.08. The van der Waals surface area contributed by atoms with E-state index >= 15 is 0 Å². The number of halogens is 3. The molecule has 1 N–H and O–H groups in total. The van der Waals surface area contributed by atoms with E-state index in [9.17, 15) is 22.8 Å². The molecule has 0 radical (unpaired) electrons. The van der Waals surface area contributed by atoms with Gasteiger partial charge in [-0.2, -0.15) is 13.2 Å². The molecule has 0 fully saturated rings. The lowest BCUT2D eigenvalue weighted by atomic mass is 10.2. The number of aldehydes is 1. The zero-order valence-electron chi connectivity index (χ0n) is 7.34. The Morgan fingerprint density at radius 3 is 2.53 bits per heavy atom. The molecule has 0 aromatic heterocycles. The molecule has 3 nitrogen and oxygen atoms in total. The average Bonchev–Trinajstić information content (AvgIpc) is 2.17. The van der Waals surface area contributed by atoms with Gasteiger partial charge in [0, 0.05) is 5.69 Å². The van der Waals surface area contributed by atoms with Crippen molar-refractivity contribution in [2.24, 2.45) is 0 Å². The lowest BCUT2D eigenvalue weighted by molar-refractivity contribution is -0.137. The van der Waals surface area contributed by atoms with E-state index in [0.29, 0.717) is 0 Å². The van der Waals surface area contributed by atoms with Crippen LogP contribution in [0.4, 0.5) is 18.9 Å². The summed E-state index contributed by atoms with van der Waals surface area (Å²) in [6.45, 7) is 0. The smallest absolute Gasteiger partial charge is 0.320 e. The number of carbonyl (C=O) groups excluding carboxylic acids is 2. The minimum Gasteiger partial charge on any atom is -0.320 e. The molecule has 0 unspecified atom stereocenters. The molecular formula is C9H6F3NO2. The molecule has 0 saturated carbocycles. The highest BCUT2D eigenvalue weighted by molar-refractivity contribution is 6.29. The molecule has 0 atom stereocenters. The van der Waals surface area contributed by atoms with E-state index in [0.717, 1.165) is 18.2 Å². The van der Waals surface area contributed by atoms with E-state index < -0.39 is 17.6 Å². The molecule has 1 aromatic rings. The first-order chi connectivity index (χ1) is 6.93. The molecule has 6 heteroatoms. The molecular weight excluding hydrogens is 211 g/mol. The van der Waals surface area contributed by atoms with Crippen LogP contribution in [0.25, 0.3) is 0 Å². The number of hydrogen-bond donors (Lipinski definition) is 1. The van der Waals surface area contributed by atoms with Crippen LogP contribution in [-0.2, 0) is 15.8 Å². The Bertz CT molecular complexity index is 387. The van der Waals surface area contributed by atoms with E-state index in [1.54, 1.807) is 0 Å². The minimum absolute atomic E-state index is 0.0136. The second kappa shape index (κ2) is 4.12. The first kappa shape index (κ1) is 11.2. The molecule has 80 valence electrons. The Morgan fingerprint density at radius 1 is 1.33 bits per heavy atom. The summed E-state index contributed by atoms with van der Waals surface area (Å²) < 4.78 is 36.6. The maximum Gasteiger partial charge on any atom is 0.416 e. The predicted octanol–water partition coefficient (Wildman–Crippen LogP) is 1.84. The number of hydrogen-bond acceptors (Lipinski definition) is 2. The van der Waals surface area contributed by atoms with Crippen molar-refractivity contribution in [2.45, 2.75) is 6.18 Å². The maximum atomic E-state index is 12.2. The fraction of sp³-hybridized carbons (Fsp3) is 0.111. The zero-order valence-corrected chi connectivity index (χ0v) is 7.34. The van der Waals surface area contributed by atoms with Crippen LogP contribution in [0.2, 0.25) is 0 Å². The van der Waals surface area contributed by atoms with Gasteiger partial charge < -0.3 is 5.32 Å². The number of amides is 1. The standard InChI is InChI=1S/C9H6F3NO2/c10-9(11,12)6-2-1-3-7(4-6)13-8(15)5-14/h1-5H,(H,13,15). The van der Waals surface area contributed by atoms with Crippen molar-refractivity contribution in [1.29, 1.82) is 0 Å². The van der Waals surface area contributed by atoms with E-state index in [4.69, 9.17) is 0 Å². The lowest BCUT2D eigenvalue weighted by Gasteiger charge is -2.08. The third kappa shape index (κ3) is 3.08. The van der Waals surface area contributed by atoms with Gasteiger partial charge in [0.15, 0.2) is 0 Å². The number of benzene rings is 1. The largest absolute Gasteiger partial charge is 0.416 e. The Morgan fingerprint density at radius 2 is 2.00 bits per heavy atom. The van der Waals surface area contributed by atoms with Crippen LogP contribution in [-0.4, -0.2) is 12.2 Å². The SMILES string of the molecule is O=CC(=O)Nc1cccc(C(F)(F)F)c1. The van der Waals surface area contributed by atoms with Gasteiger partial charge in [-0.3, -0.25) is 9.59 Å². The number of carbonyl (C=O) groups is 2. The maximum absolute atomic E-state index is 12.2. The molecule has 0 spiro atoms. The summed E-state index contributed by atoms with van der Waals surface area (Å²) in [6, 6.07) is 4.03. The molecule has 15 heavy (non-hydrogen) atoms. The van der Waals surface area contributed by atoms with Gasteiger partial charge in [0.2, 0.25) is 6.29 Å². The highest BCUT2D eigenvalue weighted by Gasteiger charge is 2.30. The summed E-state index contributed by atoms with van der Waals surface area (Å²) in [5, 5.41) is 2.00. The van der Waals surface area contributed by atoms with Gasteiger partial charge in [0.25, 0.3) is 5.91 Å². The van der Waals surface area contributed by atoms with Crippen molar-refractivity contribution in [3.05, 3.63) is 29.8 Å². The third-order valence-corrected chi connectivity index (χ3v) is 1.56. The Hall–Kier alpha value is -1.85. The topological polar surface area (TPSA) is 46.2 Å². The predicted molar refractivity (Wildman–Crippen MR) is 46.1 cm³/mol. The van der Waals surface area contributed by atoms with Gasteiger partial charge in [-0.05, 0) is 18.2 Å². The Balaban J connectivity index is 2.93. The molecule has 0 aliphatic rings. The average molecular weight is 217 g/mol. The van der Waals surface area contributed by atoms with Gasteiger partial charge in [-0.1, -0.05) is 6.07 Å². The third-order valence-electron chi connectivity index (χ3n) is 1.56. The molecule has 0 aliphatic carbocycles. The van der Waals surface area contributed by atoms with Gasteiger partial charge in [-0.15, -0.1) is 0 Å². The fourth-order valence-corrected chi connectivity index (χ4v) is 0.945. The summed E-state index contributed by atoms with van der Waals surface area (Å²) in [7, 11) is 0. The minimum atomic E-state index is -4.47. The van der Waals surface area contributed by atoms with Crippen molar-refractivity contribution in [3.63, 3.8) is 0 Å². The van der Waals surface area contributed by atoms with E-state index in [2.05, 4.69) is 0 Å². The summed E-state index contributed by atoms with van der Waals surface area (Å²) in [5.74, 6) is -0.991. The van der Waals surface area contributed by atoms with Crippen LogP contribution in [0.5, 0.6) is 0 Å². The number of anilines is 1. The quantitative estimate of drug-likeness (QED) is 0.606. The molecule has 1 rings (SSSR count). The van der Waals surface area contributed by atoms with Crippen molar-refractivity contribution in [2.75, 3.05) is 5.32 Å². The van der Waals surface area contributed by atoms with Crippen LogP contribution >= 0.6 is 0 Å². The number of nitrogens with one attached hydrogen (secondary N) is 1. The molecule has 1 aromatic carbocycles. The lowest BCUT2D eigenvalue weighted by Crippen LogP contribution is -2.13. The monoisotopic (exact) mass is 217 g/mol. The van der Waals surface area contributed by atoms with E-state index in [-0.39, 0.29) is 12.0 Å². The highest BCUT2D eigenvalue weighted by atomic mass is 19.4. The van der Waals surface area contributed by atoms with Crippen LogP contribution in [0, 0.1) is 0 Å². The van der Waals surface area contributed by atoms with Crippen molar-refractivity contribution >= 4 is 17.9 Å². The Labute approximate surface area is 82.9 Å². The first-order valence-corrected chi connectivity index (χ1v) is 3.87. The van der Waals surface area contributed by atoms with E-state index in [1.165, 1.54) is 6.07 Å². The molecule has 0 bridgehead atoms. The van der Waals surface area contributed by atoms with Crippen molar-refractivity contribution < 1.29 is 22.8 Å². The zero-order chi connectivity index (χ0) is 11.5. The van der Waals surface area contributed by atoms with Crippen LogP contribution in [0.3, 0.4) is 0 Å². The normalized spacial score (nSPS) is 10.9. The number of alkyl halides is 3. The summed E-state index contributed by atoms with van der Waals surface area (Å²) in [4.78, 5) is 20.5. The molecule has 0 saturated heterocycles.